The first-order valence-electron chi connectivity index (χ1n) is 7.54. The summed E-state index contributed by atoms with van der Waals surface area (Å²) < 4.78 is 1.85. The van der Waals surface area contributed by atoms with Gasteiger partial charge in [0.2, 0.25) is 0 Å². The van der Waals surface area contributed by atoms with E-state index in [4.69, 9.17) is 11.6 Å². The van der Waals surface area contributed by atoms with E-state index in [1.165, 1.54) is 0 Å². The van der Waals surface area contributed by atoms with Crippen LogP contribution in [-0.4, -0.2) is 15.4 Å². The van der Waals surface area contributed by atoms with Crippen molar-refractivity contribution in [3.05, 3.63) is 70.5 Å². The number of halogens is 1. The third kappa shape index (κ3) is 3.22. The Bertz CT molecular complexity index is 1040. The summed E-state index contributed by atoms with van der Waals surface area (Å²) in [5, 5.41) is 10.2. The number of urea groups is 1. The fraction of sp³-hybridized carbons (Fsp3) is 0. The van der Waals surface area contributed by atoms with Crippen LogP contribution in [0.4, 0.5) is 16.3 Å². The van der Waals surface area contributed by atoms with Gasteiger partial charge in [0.15, 0.2) is 0 Å². The minimum Gasteiger partial charge on any atom is -0.308 e. The molecule has 0 saturated heterocycles. The fourth-order valence-corrected chi connectivity index (χ4v) is 3.38. The van der Waals surface area contributed by atoms with E-state index in [-0.39, 0.29) is 6.03 Å². The molecule has 2 N–H and O–H groups in total. The lowest BCUT2D eigenvalue weighted by Crippen LogP contribution is -2.20. The van der Waals surface area contributed by atoms with Crippen LogP contribution >= 0.6 is 22.9 Å². The molecule has 0 saturated carbocycles. The summed E-state index contributed by atoms with van der Waals surface area (Å²) in [6.45, 7) is 0. The number of hydrogen-bond acceptors (Lipinski definition) is 3. The molecule has 1 aromatic carbocycles. The Kier molecular flexibility index (Phi) is 4.13. The normalized spacial score (nSPS) is 10.8. The van der Waals surface area contributed by atoms with Crippen molar-refractivity contribution >= 4 is 46.1 Å². The Morgan fingerprint density at radius 1 is 1.12 bits per heavy atom. The molecular formula is C18H13ClN4OS. The number of amides is 2. The molecule has 0 fully saturated rings. The summed E-state index contributed by atoms with van der Waals surface area (Å²) >= 11 is 7.54. The lowest BCUT2D eigenvalue weighted by atomic mass is 10.2. The van der Waals surface area contributed by atoms with Crippen LogP contribution < -0.4 is 10.6 Å². The molecule has 7 heteroatoms. The van der Waals surface area contributed by atoms with E-state index in [1.54, 1.807) is 35.6 Å². The van der Waals surface area contributed by atoms with Crippen molar-refractivity contribution in [2.45, 2.75) is 0 Å². The zero-order valence-electron chi connectivity index (χ0n) is 12.9. The number of imidazole rings is 1. The molecule has 25 heavy (non-hydrogen) atoms. The molecule has 2 amide bonds. The Hall–Kier alpha value is -2.83. The van der Waals surface area contributed by atoms with Crippen molar-refractivity contribution in [1.82, 2.24) is 9.38 Å². The van der Waals surface area contributed by atoms with Gasteiger partial charge in [0, 0.05) is 27.9 Å². The molecule has 5 nitrogen and oxygen atoms in total. The second kappa shape index (κ2) is 6.58. The molecule has 0 unspecified atom stereocenters. The molecule has 0 bridgehead atoms. The Morgan fingerprint density at radius 3 is 2.84 bits per heavy atom. The van der Waals surface area contributed by atoms with E-state index in [0.717, 1.165) is 16.9 Å². The number of anilines is 2. The number of nitrogens with one attached hydrogen (secondary N) is 2. The molecule has 0 aliphatic carbocycles. The number of fused-ring (bicyclic) bond motifs is 1. The van der Waals surface area contributed by atoms with Gasteiger partial charge in [0.05, 0.1) is 0 Å². The van der Waals surface area contributed by atoms with Crippen LogP contribution in [0, 0.1) is 0 Å². The molecule has 3 aromatic heterocycles. The largest absolute Gasteiger partial charge is 0.324 e. The second-order valence-corrected chi connectivity index (χ2v) is 6.56. The van der Waals surface area contributed by atoms with Crippen LogP contribution in [0.25, 0.3) is 16.9 Å². The predicted molar refractivity (Wildman–Crippen MR) is 103 cm³/mol. The summed E-state index contributed by atoms with van der Waals surface area (Å²) in [4.78, 5) is 17.1. The summed E-state index contributed by atoms with van der Waals surface area (Å²) in [5.74, 6) is 0.619. The zero-order valence-corrected chi connectivity index (χ0v) is 14.5. The lowest BCUT2D eigenvalue weighted by molar-refractivity contribution is 0.262. The molecule has 0 aliphatic rings. The molecule has 4 rings (SSSR count). The highest BCUT2D eigenvalue weighted by atomic mass is 35.5. The van der Waals surface area contributed by atoms with Crippen LogP contribution in [0.3, 0.4) is 0 Å². The predicted octanol–water partition coefficient (Wildman–Crippen LogP) is 5.36. The van der Waals surface area contributed by atoms with E-state index < -0.39 is 0 Å². The van der Waals surface area contributed by atoms with Gasteiger partial charge in [-0.2, -0.15) is 11.3 Å². The van der Waals surface area contributed by atoms with Gasteiger partial charge in [-0.15, -0.1) is 0 Å². The van der Waals surface area contributed by atoms with Crippen molar-refractivity contribution in [3.63, 3.8) is 0 Å². The summed E-state index contributed by atoms with van der Waals surface area (Å²) in [7, 11) is 0. The van der Waals surface area contributed by atoms with Crippen molar-refractivity contribution in [2.75, 3.05) is 10.6 Å². The minimum absolute atomic E-state index is 0.357. The summed E-state index contributed by atoms with van der Waals surface area (Å²) in [5.41, 5.74) is 3.08. The van der Waals surface area contributed by atoms with Crippen molar-refractivity contribution in [2.24, 2.45) is 0 Å². The van der Waals surface area contributed by atoms with Gasteiger partial charge in [-0.05, 0) is 41.8 Å². The number of hydrogen-bond donors (Lipinski definition) is 2. The first-order chi connectivity index (χ1) is 12.2. The third-order valence-corrected chi connectivity index (χ3v) is 4.56. The number of pyridine rings is 1. The zero-order chi connectivity index (χ0) is 17.2. The Morgan fingerprint density at radius 2 is 2.04 bits per heavy atom. The lowest BCUT2D eigenvalue weighted by Gasteiger charge is -2.09. The Labute approximate surface area is 152 Å². The molecule has 0 aliphatic heterocycles. The molecule has 124 valence electrons. The second-order valence-electron chi connectivity index (χ2n) is 5.34. The average Bonchev–Trinajstić information content (AvgIpc) is 3.23. The topological polar surface area (TPSA) is 58.4 Å². The van der Waals surface area contributed by atoms with Crippen molar-refractivity contribution < 1.29 is 4.79 Å². The quantitative estimate of drug-likeness (QED) is 0.511. The molecule has 3 heterocycles. The summed E-state index contributed by atoms with van der Waals surface area (Å²) in [6.07, 6.45) is 1.87. The number of benzene rings is 1. The SMILES string of the molecule is O=C(Nc1cccc(Cl)c1)Nc1c(-c2ccsc2)nc2ccccn12. The smallest absolute Gasteiger partial charge is 0.308 e. The first kappa shape index (κ1) is 15.7. The van der Waals surface area contributed by atoms with E-state index in [9.17, 15) is 4.79 Å². The van der Waals surface area contributed by atoms with Gasteiger partial charge < -0.3 is 5.32 Å². The number of rotatable bonds is 3. The minimum atomic E-state index is -0.357. The highest BCUT2D eigenvalue weighted by Gasteiger charge is 2.16. The van der Waals surface area contributed by atoms with Gasteiger partial charge in [0.1, 0.15) is 17.2 Å². The number of carbonyl (C=O) groups is 1. The van der Waals surface area contributed by atoms with Crippen LogP contribution in [0.1, 0.15) is 0 Å². The maximum absolute atomic E-state index is 12.5. The van der Waals surface area contributed by atoms with E-state index >= 15 is 0 Å². The fourth-order valence-electron chi connectivity index (χ4n) is 2.55. The molecule has 4 aromatic rings. The van der Waals surface area contributed by atoms with Gasteiger partial charge in [0.25, 0.3) is 0 Å². The number of thiophene rings is 1. The van der Waals surface area contributed by atoms with Gasteiger partial charge in [-0.3, -0.25) is 9.72 Å². The number of aromatic nitrogens is 2. The monoisotopic (exact) mass is 368 g/mol. The van der Waals surface area contributed by atoms with E-state index in [0.29, 0.717) is 16.5 Å². The maximum Gasteiger partial charge on any atom is 0.324 e. The van der Waals surface area contributed by atoms with Gasteiger partial charge >= 0.3 is 6.03 Å². The Balaban J connectivity index is 1.68. The van der Waals surface area contributed by atoms with E-state index in [1.807, 2.05) is 45.6 Å². The summed E-state index contributed by atoms with van der Waals surface area (Å²) in [6, 6.07) is 14.3. The highest BCUT2D eigenvalue weighted by Crippen LogP contribution is 2.30. The van der Waals surface area contributed by atoms with Crippen LogP contribution in [0.15, 0.2) is 65.5 Å². The molecule has 0 spiro atoms. The van der Waals surface area contributed by atoms with Crippen molar-refractivity contribution in [1.29, 1.82) is 0 Å². The average molecular weight is 369 g/mol. The number of nitrogens with zero attached hydrogens (tertiary/aromatic N) is 2. The van der Waals surface area contributed by atoms with Crippen LogP contribution in [0.5, 0.6) is 0 Å². The number of carbonyl (C=O) groups excluding carboxylic acids is 1. The standard InChI is InChI=1S/C18H13ClN4OS/c19-13-4-3-5-14(10-13)20-18(24)22-17-16(12-7-9-25-11-12)21-15-6-1-2-8-23(15)17/h1-11H,(H2,20,22,24). The molecular weight excluding hydrogens is 356 g/mol. The third-order valence-electron chi connectivity index (χ3n) is 3.64. The molecule has 0 radical (unpaired) electrons. The van der Waals surface area contributed by atoms with Crippen LogP contribution in [0.2, 0.25) is 5.02 Å². The maximum atomic E-state index is 12.5. The van der Waals surface area contributed by atoms with E-state index in [2.05, 4.69) is 15.6 Å². The van der Waals surface area contributed by atoms with Crippen molar-refractivity contribution in [3.8, 4) is 11.3 Å². The highest BCUT2D eigenvalue weighted by molar-refractivity contribution is 7.08. The first-order valence-corrected chi connectivity index (χ1v) is 8.86. The van der Waals surface area contributed by atoms with Crippen LogP contribution in [-0.2, 0) is 0 Å². The van der Waals surface area contributed by atoms with Gasteiger partial charge in [-0.25, -0.2) is 9.78 Å². The van der Waals surface area contributed by atoms with Gasteiger partial charge in [-0.1, -0.05) is 23.7 Å². The molecule has 0 atom stereocenters.